The predicted octanol–water partition coefficient (Wildman–Crippen LogP) is 4.04. The summed E-state index contributed by atoms with van der Waals surface area (Å²) in [5, 5.41) is 0. The third kappa shape index (κ3) is 2.28. The lowest BCUT2D eigenvalue weighted by Crippen LogP contribution is -1.76. The maximum atomic E-state index is 5.13. The van der Waals surface area contributed by atoms with E-state index in [-0.39, 0.29) is 0 Å². The van der Waals surface area contributed by atoms with Gasteiger partial charge in [-0.3, -0.25) is 0 Å². The number of thioether (sulfide) groups is 2. The van der Waals surface area contributed by atoms with Gasteiger partial charge in [0.1, 0.15) is 3.53 Å². The number of benzene rings is 1. The first-order chi connectivity index (χ1) is 6.79. The number of nitrogens with zero attached hydrogens (tertiary/aromatic N) is 1. The molecule has 0 saturated heterocycles. The molecule has 0 aliphatic carbocycles. The van der Waals surface area contributed by atoms with Crippen LogP contribution in [0.4, 0.5) is 0 Å². The molecule has 5 heteroatoms. The highest BCUT2D eigenvalue weighted by atomic mass is 32.2. The fourth-order valence-electron chi connectivity index (χ4n) is 1.01. The van der Waals surface area contributed by atoms with Gasteiger partial charge in [0.2, 0.25) is 0 Å². The Morgan fingerprint density at radius 3 is 2.93 bits per heavy atom. The lowest BCUT2D eigenvalue weighted by molar-refractivity contribution is 1.31. The number of fused-ring (bicyclic) bond motifs is 1. The van der Waals surface area contributed by atoms with Crippen LogP contribution in [0.15, 0.2) is 28.6 Å². The normalized spacial score (nSPS) is 10.6. The van der Waals surface area contributed by atoms with E-state index in [1.165, 1.54) is 4.70 Å². The standard InChI is InChI=1S/C9H7NS4/c1-12-9(11)14-8-10-6-4-2-3-5-7(6)13-8/h2-5H,1H3. The Kier molecular flexibility index (Phi) is 3.43. The molecule has 2 rings (SSSR count). The fraction of sp³-hybridized carbons (Fsp3) is 0.111. The summed E-state index contributed by atoms with van der Waals surface area (Å²) in [5.41, 5.74) is 1.06. The Balaban J connectivity index is 2.31. The van der Waals surface area contributed by atoms with E-state index >= 15 is 0 Å². The van der Waals surface area contributed by atoms with Gasteiger partial charge in [-0.2, -0.15) is 0 Å². The first-order valence-corrected chi connectivity index (χ1v) is 7.17. The molecule has 2 aromatic rings. The van der Waals surface area contributed by atoms with Crippen LogP contribution in [0.5, 0.6) is 0 Å². The minimum absolute atomic E-state index is 0.920. The van der Waals surface area contributed by atoms with E-state index in [0.29, 0.717) is 0 Å². The summed E-state index contributed by atoms with van der Waals surface area (Å²) >= 11 is 9.99. The molecular formula is C9H7NS4. The van der Waals surface area contributed by atoms with Gasteiger partial charge in [0.05, 0.1) is 10.2 Å². The maximum Gasteiger partial charge on any atom is 0.157 e. The smallest absolute Gasteiger partial charge is 0.157 e. The first-order valence-electron chi connectivity index (χ1n) is 3.91. The molecular weight excluding hydrogens is 250 g/mol. The summed E-state index contributed by atoms with van der Waals surface area (Å²) in [7, 11) is 0. The van der Waals surface area contributed by atoms with E-state index in [2.05, 4.69) is 11.1 Å². The van der Waals surface area contributed by atoms with Gasteiger partial charge in [-0.25, -0.2) is 4.98 Å². The molecule has 0 N–H and O–H groups in total. The van der Waals surface area contributed by atoms with E-state index in [4.69, 9.17) is 12.2 Å². The molecule has 0 fully saturated rings. The first kappa shape index (κ1) is 10.4. The van der Waals surface area contributed by atoms with Crippen molar-refractivity contribution in [3.8, 4) is 0 Å². The molecule has 0 radical (unpaired) electrons. The van der Waals surface area contributed by atoms with Crippen molar-refractivity contribution in [3.05, 3.63) is 24.3 Å². The molecule has 0 amide bonds. The van der Waals surface area contributed by atoms with E-state index in [1.54, 1.807) is 34.9 Å². The van der Waals surface area contributed by atoms with Crippen LogP contribution >= 0.6 is 47.1 Å². The average molecular weight is 257 g/mol. The number of thiocarbonyl (C=S) groups is 1. The molecule has 0 spiro atoms. The summed E-state index contributed by atoms with van der Waals surface area (Å²) in [6.07, 6.45) is 1.99. The van der Waals surface area contributed by atoms with Crippen LogP contribution in [0.3, 0.4) is 0 Å². The van der Waals surface area contributed by atoms with Crippen molar-refractivity contribution in [2.75, 3.05) is 6.26 Å². The molecule has 0 bridgehead atoms. The molecule has 1 heterocycles. The van der Waals surface area contributed by atoms with Crippen LogP contribution < -0.4 is 0 Å². The average Bonchev–Trinajstić information content (AvgIpc) is 2.59. The topological polar surface area (TPSA) is 12.9 Å². The molecule has 72 valence electrons. The maximum absolute atomic E-state index is 5.13. The molecule has 0 atom stereocenters. The van der Waals surface area contributed by atoms with Crippen molar-refractivity contribution in [2.45, 2.75) is 4.34 Å². The molecule has 1 nitrogen and oxygen atoms in total. The third-order valence-corrected chi connectivity index (χ3v) is 5.21. The van der Waals surface area contributed by atoms with Gasteiger partial charge in [-0.05, 0) is 30.2 Å². The second-order valence-electron chi connectivity index (χ2n) is 2.50. The molecule has 0 unspecified atom stereocenters. The van der Waals surface area contributed by atoms with Gasteiger partial charge in [-0.15, -0.1) is 23.1 Å². The molecule has 1 aromatic heterocycles. The monoisotopic (exact) mass is 257 g/mol. The fourth-order valence-corrected chi connectivity index (χ4v) is 3.80. The van der Waals surface area contributed by atoms with Crippen LogP contribution in [-0.4, -0.2) is 14.8 Å². The zero-order chi connectivity index (χ0) is 9.97. The molecule has 0 aliphatic heterocycles. The summed E-state index contributed by atoms with van der Waals surface area (Å²) in [6.45, 7) is 0. The summed E-state index contributed by atoms with van der Waals surface area (Å²) in [6, 6.07) is 8.14. The van der Waals surface area contributed by atoms with Crippen LogP contribution in [0.2, 0.25) is 0 Å². The van der Waals surface area contributed by atoms with Gasteiger partial charge in [0.15, 0.2) is 4.34 Å². The second-order valence-corrected chi connectivity index (χ2v) is 6.79. The predicted molar refractivity (Wildman–Crippen MR) is 71.6 cm³/mol. The van der Waals surface area contributed by atoms with E-state index in [9.17, 15) is 0 Å². The van der Waals surface area contributed by atoms with Gasteiger partial charge in [0.25, 0.3) is 0 Å². The zero-order valence-corrected chi connectivity index (χ0v) is 10.7. The van der Waals surface area contributed by atoms with Crippen LogP contribution in [-0.2, 0) is 0 Å². The quantitative estimate of drug-likeness (QED) is 0.564. The van der Waals surface area contributed by atoms with Crippen LogP contribution in [0.1, 0.15) is 0 Å². The number of rotatable bonds is 1. The third-order valence-electron chi connectivity index (χ3n) is 1.61. The number of para-hydroxylation sites is 1. The highest BCUT2D eigenvalue weighted by molar-refractivity contribution is 8.47. The SMILES string of the molecule is CSC(=S)Sc1nc2ccccc2s1. The summed E-state index contributed by atoms with van der Waals surface area (Å²) in [4.78, 5) is 4.48. The molecule has 0 aliphatic rings. The Hall–Kier alpha value is -0.100. The van der Waals surface area contributed by atoms with Crippen molar-refractivity contribution in [1.82, 2.24) is 4.98 Å². The van der Waals surface area contributed by atoms with E-state index in [0.717, 1.165) is 13.4 Å². The van der Waals surface area contributed by atoms with Crippen molar-refractivity contribution < 1.29 is 0 Å². The molecule has 14 heavy (non-hydrogen) atoms. The van der Waals surface area contributed by atoms with E-state index < -0.39 is 0 Å². The second kappa shape index (κ2) is 4.61. The van der Waals surface area contributed by atoms with Gasteiger partial charge in [-0.1, -0.05) is 24.4 Å². The minimum atomic E-state index is 0.920. The van der Waals surface area contributed by atoms with Crippen LogP contribution in [0, 0.1) is 0 Å². The molecule has 0 saturated carbocycles. The highest BCUT2D eigenvalue weighted by Crippen LogP contribution is 2.32. The van der Waals surface area contributed by atoms with Crippen molar-refractivity contribution in [3.63, 3.8) is 0 Å². The van der Waals surface area contributed by atoms with Crippen LogP contribution in [0.25, 0.3) is 10.2 Å². The van der Waals surface area contributed by atoms with Gasteiger partial charge >= 0.3 is 0 Å². The Labute approximate surface area is 100 Å². The Morgan fingerprint density at radius 1 is 1.43 bits per heavy atom. The highest BCUT2D eigenvalue weighted by Gasteiger charge is 2.05. The number of thiazole rings is 1. The zero-order valence-electron chi connectivity index (χ0n) is 7.39. The number of hydrogen-bond acceptors (Lipinski definition) is 5. The van der Waals surface area contributed by atoms with Crippen molar-refractivity contribution >= 4 is 60.8 Å². The Bertz CT molecular complexity index is 430. The lowest BCUT2D eigenvalue weighted by atomic mass is 10.3. The van der Waals surface area contributed by atoms with Gasteiger partial charge < -0.3 is 0 Å². The summed E-state index contributed by atoms with van der Waals surface area (Å²) in [5.74, 6) is 0. The number of aromatic nitrogens is 1. The minimum Gasteiger partial charge on any atom is -0.229 e. The number of hydrogen-bond donors (Lipinski definition) is 0. The Morgan fingerprint density at radius 2 is 2.21 bits per heavy atom. The van der Waals surface area contributed by atoms with Crippen molar-refractivity contribution in [2.24, 2.45) is 0 Å². The summed E-state index contributed by atoms with van der Waals surface area (Å²) < 4.78 is 3.17. The van der Waals surface area contributed by atoms with Gasteiger partial charge in [0, 0.05) is 0 Å². The van der Waals surface area contributed by atoms with Crippen molar-refractivity contribution in [1.29, 1.82) is 0 Å². The molecule has 1 aromatic carbocycles. The largest absolute Gasteiger partial charge is 0.229 e. The van der Waals surface area contributed by atoms with E-state index in [1.807, 2.05) is 24.5 Å². The lowest BCUT2D eigenvalue weighted by Gasteiger charge is -1.92.